The number of carbonyl (C=O) groups is 3. The molecule has 0 saturated heterocycles. The summed E-state index contributed by atoms with van der Waals surface area (Å²) in [6, 6.07) is 5.47. The minimum absolute atomic E-state index is 0.147. The zero-order valence-electron chi connectivity index (χ0n) is 15.0. The Morgan fingerprint density at radius 3 is 2.32 bits per heavy atom. The molecule has 1 aromatic carbocycles. The van der Waals surface area contributed by atoms with Crippen molar-refractivity contribution in [3.63, 3.8) is 0 Å². The zero-order valence-corrected chi connectivity index (χ0v) is 15.0. The monoisotopic (exact) mass is 350 g/mol. The molecule has 1 unspecified atom stereocenters. The van der Waals surface area contributed by atoms with Gasteiger partial charge in [0.05, 0.1) is 0 Å². The molecule has 0 heterocycles. The van der Waals surface area contributed by atoms with Crippen LogP contribution >= 0.6 is 0 Å². The van der Waals surface area contributed by atoms with Gasteiger partial charge in [-0.25, -0.2) is 0 Å². The van der Waals surface area contributed by atoms with E-state index in [-0.39, 0.29) is 12.5 Å². The molecule has 0 aliphatic rings. The third kappa shape index (κ3) is 7.24. The van der Waals surface area contributed by atoms with Crippen LogP contribution in [0.2, 0.25) is 0 Å². The largest absolute Gasteiger partial charge is 0.484 e. The lowest BCUT2D eigenvalue weighted by Gasteiger charge is -2.21. The molecule has 1 aromatic rings. The van der Waals surface area contributed by atoms with Crippen LogP contribution in [-0.4, -0.2) is 41.6 Å². The van der Waals surface area contributed by atoms with Crippen LogP contribution in [0, 0.1) is 12.8 Å². The van der Waals surface area contributed by atoms with Gasteiger partial charge in [-0.3, -0.25) is 14.4 Å². The number of carbonyl (C=O) groups excluding carboxylic acids is 2. The summed E-state index contributed by atoms with van der Waals surface area (Å²) in [5.74, 6) is -1.35. The van der Waals surface area contributed by atoms with E-state index in [1.807, 2.05) is 39.0 Å². The number of ether oxygens (including phenoxy) is 1. The average molecular weight is 350 g/mol. The molecule has 0 fully saturated rings. The summed E-state index contributed by atoms with van der Waals surface area (Å²) in [5, 5.41) is 13.9. The third-order valence-electron chi connectivity index (χ3n) is 3.54. The van der Waals surface area contributed by atoms with Crippen molar-refractivity contribution in [1.29, 1.82) is 0 Å². The molecule has 2 amide bonds. The lowest BCUT2D eigenvalue weighted by Crippen LogP contribution is -2.52. The van der Waals surface area contributed by atoms with Crippen LogP contribution in [0.1, 0.15) is 32.8 Å². The van der Waals surface area contributed by atoms with E-state index in [1.54, 1.807) is 6.07 Å². The van der Waals surface area contributed by atoms with E-state index in [0.717, 1.165) is 5.56 Å². The third-order valence-corrected chi connectivity index (χ3v) is 3.54. The molecule has 0 aromatic heterocycles. The molecule has 0 saturated carbocycles. The van der Waals surface area contributed by atoms with Crippen molar-refractivity contribution in [3.8, 4) is 5.75 Å². The van der Waals surface area contributed by atoms with E-state index >= 15 is 0 Å². The zero-order chi connectivity index (χ0) is 19.0. The number of carboxylic acid groups (broad SMARTS) is 1. The van der Waals surface area contributed by atoms with Gasteiger partial charge in [0.25, 0.3) is 5.91 Å². The van der Waals surface area contributed by atoms with Gasteiger partial charge in [-0.2, -0.15) is 0 Å². The maximum atomic E-state index is 12.2. The van der Waals surface area contributed by atoms with Gasteiger partial charge >= 0.3 is 5.97 Å². The quantitative estimate of drug-likeness (QED) is 0.626. The highest BCUT2D eigenvalue weighted by Crippen LogP contribution is 2.15. The number of nitrogens with one attached hydrogen (secondary N) is 2. The molecule has 2 atom stereocenters. The summed E-state index contributed by atoms with van der Waals surface area (Å²) in [5.41, 5.74) is 0.905. The van der Waals surface area contributed by atoms with Gasteiger partial charge in [0.2, 0.25) is 5.91 Å². The number of aliphatic carboxylic acids is 1. The van der Waals surface area contributed by atoms with Crippen molar-refractivity contribution < 1.29 is 24.2 Å². The van der Waals surface area contributed by atoms with Crippen molar-refractivity contribution in [1.82, 2.24) is 10.6 Å². The Morgan fingerprint density at radius 1 is 1.12 bits per heavy atom. The Balaban J connectivity index is 2.64. The van der Waals surface area contributed by atoms with Gasteiger partial charge in [-0.1, -0.05) is 32.0 Å². The Labute approximate surface area is 147 Å². The van der Waals surface area contributed by atoms with Crippen molar-refractivity contribution in [2.45, 2.75) is 46.2 Å². The van der Waals surface area contributed by atoms with E-state index in [2.05, 4.69) is 10.6 Å². The average Bonchev–Trinajstić information content (AvgIpc) is 2.52. The SMILES string of the molecule is Cc1ccccc1OCC(=O)N[C@@H](CC(C)C)C(=O)NC(C)C(=O)O. The van der Waals surface area contributed by atoms with Gasteiger partial charge in [-0.15, -0.1) is 0 Å². The van der Waals surface area contributed by atoms with E-state index in [9.17, 15) is 14.4 Å². The number of amides is 2. The van der Waals surface area contributed by atoms with Crippen LogP contribution < -0.4 is 15.4 Å². The van der Waals surface area contributed by atoms with E-state index < -0.39 is 29.9 Å². The maximum Gasteiger partial charge on any atom is 0.325 e. The summed E-state index contributed by atoms with van der Waals surface area (Å²) in [6.07, 6.45) is 0.397. The number of hydrogen-bond acceptors (Lipinski definition) is 4. The van der Waals surface area contributed by atoms with Crippen molar-refractivity contribution in [3.05, 3.63) is 29.8 Å². The highest BCUT2D eigenvalue weighted by Gasteiger charge is 2.25. The van der Waals surface area contributed by atoms with Crippen molar-refractivity contribution in [2.24, 2.45) is 5.92 Å². The molecule has 1 rings (SSSR count). The van der Waals surface area contributed by atoms with Crippen molar-refractivity contribution in [2.75, 3.05) is 6.61 Å². The van der Waals surface area contributed by atoms with Crippen LogP contribution in [0.15, 0.2) is 24.3 Å². The second-order valence-corrected chi connectivity index (χ2v) is 6.37. The molecule has 3 N–H and O–H groups in total. The molecule has 138 valence electrons. The lowest BCUT2D eigenvalue weighted by atomic mass is 10.0. The normalized spacial score (nSPS) is 13.0. The number of carboxylic acids is 1. The summed E-state index contributed by atoms with van der Waals surface area (Å²) < 4.78 is 5.47. The topological polar surface area (TPSA) is 105 Å². The van der Waals surface area contributed by atoms with Gasteiger partial charge < -0.3 is 20.5 Å². The maximum absolute atomic E-state index is 12.2. The highest BCUT2D eigenvalue weighted by molar-refractivity contribution is 5.90. The minimum Gasteiger partial charge on any atom is -0.484 e. The number of aryl methyl sites for hydroxylation is 1. The Kier molecular flexibility index (Phi) is 7.91. The highest BCUT2D eigenvalue weighted by atomic mass is 16.5. The number of benzene rings is 1. The fraction of sp³-hybridized carbons (Fsp3) is 0.500. The fourth-order valence-electron chi connectivity index (χ4n) is 2.18. The molecule has 0 radical (unpaired) electrons. The first-order chi connectivity index (χ1) is 11.7. The first kappa shape index (κ1) is 20.5. The predicted molar refractivity (Wildman–Crippen MR) is 93.3 cm³/mol. The Hall–Kier alpha value is -2.57. The van der Waals surface area contributed by atoms with Crippen LogP contribution in [0.3, 0.4) is 0 Å². The number of rotatable bonds is 9. The molecule has 7 heteroatoms. The minimum atomic E-state index is -1.13. The molecule has 0 bridgehead atoms. The summed E-state index contributed by atoms with van der Waals surface area (Å²) >= 11 is 0. The molecule has 7 nitrogen and oxygen atoms in total. The van der Waals surface area contributed by atoms with Crippen LogP contribution in [0.4, 0.5) is 0 Å². The van der Waals surface area contributed by atoms with Crippen LogP contribution in [0.25, 0.3) is 0 Å². The van der Waals surface area contributed by atoms with Crippen LogP contribution in [0.5, 0.6) is 5.75 Å². The molecular weight excluding hydrogens is 324 g/mol. The molecule has 0 aliphatic heterocycles. The lowest BCUT2D eigenvalue weighted by molar-refractivity contribution is -0.141. The summed E-state index contributed by atoms with van der Waals surface area (Å²) in [7, 11) is 0. The summed E-state index contributed by atoms with van der Waals surface area (Å²) in [6.45, 7) is 6.85. The summed E-state index contributed by atoms with van der Waals surface area (Å²) in [4.78, 5) is 35.2. The molecular formula is C18H26N2O5. The molecule has 0 spiro atoms. The van der Waals surface area contributed by atoms with Crippen molar-refractivity contribution >= 4 is 17.8 Å². The van der Waals surface area contributed by atoms with Gasteiger partial charge in [-0.05, 0) is 37.8 Å². The van der Waals surface area contributed by atoms with E-state index in [0.29, 0.717) is 12.2 Å². The van der Waals surface area contributed by atoms with Crippen LogP contribution in [-0.2, 0) is 14.4 Å². The van der Waals surface area contributed by atoms with Gasteiger partial charge in [0, 0.05) is 0 Å². The second kappa shape index (κ2) is 9.66. The number of hydrogen-bond donors (Lipinski definition) is 3. The number of para-hydroxylation sites is 1. The Bertz CT molecular complexity index is 615. The van der Waals surface area contributed by atoms with Gasteiger partial charge in [0.15, 0.2) is 6.61 Å². The first-order valence-corrected chi connectivity index (χ1v) is 8.21. The molecule has 0 aliphatic carbocycles. The second-order valence-electron chi connectivity index (χ2n) is 6.37. The van der Waals surface area contributed by atoms with Gasteiger partial charge in [0.1, 0.15) is 17.8 Å². The standard InChI is InChI=1S/C18H26N2O5/c1-11(2)9-14(17(22)19-13(4)18(23)24)20-16(21)10-25-15-8-6-5-7-12(15)3/h5-8,11,13-14H,9-10H2,1-4H3,(H,19,22)(H,20,21)(H,23,24)/t13?,14-/m0/s1. The fourth-order valence-corrected chi connectivity index (χ4v) is 2.18. The smallest absolute Gasteiger partial charge is 0.325 e. The van der Waals surface area contributed by atoms with E-state index in [4.69, 9.17) is 9.84 Å². The predicted octanol–water partition coefficient (Wildman–Crippen LogP) is 1.49. The van der Waals surface area contributed by atoms with E-state index in [1.165, 1.54) is 6.92 Å². The molecule has 25 heavy (non-hydrogen) atoms. The first-order valence-electron chi connectivity index (χ1n) is 8.21. The Morgan fingerprint density at radius 2 is 1.76 bits per heavy atom.